The van der Waals surface area contributed by atoms with E-state index < -0.39 is 0 Å². The molecule has 1 aromatic rings. The Labute approximate surface area is 188 Å². The monoisotopic (exact) mass is 528 g/mol. The number of nitrogens with zero attached hydrogens (tertiary/aromatic N) is 2. The highest BCUT2D eigenvalue weighted by Gasteiger charge is 2.05. The van der Waals surface area contributed by atoms with Crippen molar-refractivity contribution in [2.75, 3.05) is 40.3 Å². The van der Waals surface area contributed by atoms with Crippen LogP contribution in [0.4, 0.5) is 0 Å². The number of rotatable bonds is 9. The van der Waals surface area contributed by atoms with Gasteiger partial charge < -0.3 is 20.3 Å². The molecule has 27 heavy (non-hydrogen) atoms. The standard InChI is InChI=1S/C18H26Cl2N4O2.HI/c1-13(2)10-22-18(23-11-17(25)24(3)4)21-7-8-26-12-14-5-6-15(19)9-16(14)20;/h5-6,9H,1,7-8,10-12H2,2-4H3,(H2,21,22,23);1H. The van der Waals surface area contributed by atoms with E-state index in [1.807, 2.05) is 13.0 Å². The van der Waals surface area contributed by atoms with E-state index in [1.54, 1.807) is 26.2 Å². The van der Waals surface area contributed by atoms with E-state index in [1.165, 1.54) is 4.90 Å². The number of carbonyl (C=O) groups excluding carboxylic acids is 1. The number of ether oxygens (including phenoxy) is 1. The van der Waals surface area contributed by atoms with Crippen LogP contribution in [-0.4, -0.2) is 57.1 Å². The van der Waals surface area contributed by atoms with Crippen molar-refractivity contribution in [2.45, 2.75) is 13.5 Å². The largest absolute Gasteiger partial charge is 0.375 e. The Morgan fingerprint density at radius 3 is 2.59 bits per heavy atom. The zero-order valence-electron chi connectivity index (χ0n) is 15.8. The molecule has 0 atom stereocenters. The van der Waals surface area contributed by atoms with Gasteiger partial charge in [0.1, 0.15) is 6.54 Å². The molecular weight excluding hydrogens is 502 g/mol. The minimum absolute atomic E-state index is 0. The van der Waals surface area contributed by atoms with Crippen molar-refractivity contribution >= 4 is 59.0 Å². The van der Waals surface area contributed by atoms with Crippen molar-refractivity contribution in [1.82, 2.24) is 15.5 Å². The number of benzene rings is 1. The Hall–Kier alpha value is -1.03. The summed E-state index contributed by atoms with van der Waals surface area (Å²) in [5.74, 6) is 0.464. The van der Waals surface area contributed by atoms with Crippen molar-refractivity contribution in [2.24, 2.45) is 4.99 Å². The maximum atomic E-state index is 11.7. The summed E-state index contributed by atoms with van der Waals surface area (Å²) in [6.45, 7) is 7.77. The van der Waals surface area contributed by atoms with Crippen LogP contribution in [0.3, 0.4) is 0 Å². The molecule has 152 valence electrons. The third-order valence-corrected chi connectivity index (χ3v) is 3.83. The van der Waals surface area contributed by atoms with E-state index in [0.29, 0.717) is 42.3 Å². The summed E-state index contributed by atoms with van der Waals surface area (Å²) in [5, 5.41) is 7.42. The fourth-order valence-corrected chi connectivity index (χ4v) is 2.22. The van der Waals surface area contributed by atoms with Gasteiger partial charge in [0.2, 0.25) is 5.91 Å². The summed E-state index contributed by atoms with van der Waals surface area (Å²) in [6, 6.07) is 5.30. The highest BCUT2D eigenvalue weighted by Crippen LogP contribution is 2.21. The molecule has 0 aromatic heterocycles. The van der Waals surface area contributed by atoms with Crippen LogP contribution in [0.15, 0.2) is 35.3 Å². The maximum Gasteiger partial charge on any atom is 0.243 e. The van der Waals surface area contributed by atoms with Crippen LogP contribution in [0, 0.1) is 0 Å². The second-order valence-electron chi connectivity index (χ2n) is 5.98. The molecule has 0 aliphatic rings. The summed E-state index contributed by atoms with van der Waals surface area (Å²) < 4.78 is 5.61. The van der Waals surface area contributed by atoms with E-state index in [0.717, 1.165) is 11.1 Å². The van der Waals surface area contributed by atoms with Crippen molar-refractivity contribution < 1.29 is 9.53 Å². The molecule has 2 N–H and O–H groups in total. The Morgan fingerprint density at radius 2 is 2.00 bits per heavy atom. The quantitative estimate of drug-likeness (QED) is 0.170. The minimum Gasteiger partial charge on any atom is -0.375 e. The van der Waals surface area contributed by atoms with Gasteiger partial charge in [0.15, 0.2) is 5.96 Å². The average Bonchev–Trinajstić information content (AvgIpc) is 2.57. The Balaban J connectivity index is 0.00000676. The molecule has 1 rings (SSSR count). The van der Waals surface area contributed by atoms with Crippen molar-refractivity contribution in [3.8, 4) is 0 Å². The van der Waals surface area contributed by atoms with Gasteiger partial charge in [-0.3, -0.25) is 4.79 Å². The third-order valence-electron chi connectivity index (χ3n) is 3.24. The van der Waals surface area contributed by atoms with Gasteiger partial charge in [-0.05, 0) is 24.6 Å². The van der Waals surface area contributed by atoms with E-state index in [-0.39, 0.29) is 36.4 Å². The molecule has 9 heteroatoms. The van der Waals surface area contributed by atoms with Gasteiger partial charge in [-0.15, -0.1) is 24.0 Å². The number of aliphatic imine (C=N–C) groups is 1. The van der Waals surface area contributed by atoms with Gasteiger partial charge in [0.25, 0.3) is 0 Å². The first kappa shape index (κ1) is 26.0. The Bertz CT molecular complexity index is 654. The summed E-state index contributed by atoms with van der Waals surface area (Å²) in [5.41, 5.74) is 1.84. The normalized spacial score (nSPS) is 10.8. The topological polar surface area (TPSA) is 66.0 Å². The van der Waals surface area contributed by atoms with Crippen LogP contribution in [0.2, 0.25) is 10.0 Å². The predicted octanol–water partition coefficient (Wildman–Crippen LogP) is 3.33. The lowest BCUT2D eigenvalue weighted by atomic mass is 10.2. The molecule has 0 unspecified atom stereocenters. The van der Waals surface area contributed by atoms with Crippen molar-refractivity contribution in [1.29, 1.82) is 0 Å². The summed E-state index contributed by atoms with van der Waals surface area (Å²) >= 11 is 12.0. The Morgan fingerprint density at radius 1 is 1.30 bits per heavy atom. The molecule has 0 aliphatic carbocycles. The van der Waals surface area contributed by atoms with Crippen LogP contribution < -0.4 is 10.6 Å². The van der Waals surface area contributed by atoms with Gasteiger partial charge in [-0.1, -0.05) is 41.4 Å². The lowest BCUT2D eigenvalue weighted by Gasteiger charge is -2.14. The molecule has 0 saturated heterocycles. The number of likely N-dealkylation sites (N-methyl/N-ethyl adjacent to an activating group) is 1. The van der Waals surface area contributed by atoms with E-state index in [9.17, 15) is 4.79 Å². The summed E-state index contributed by atoms with van der Waals surface area (Å²) in [6.07, 6.45) is 0. The first-order valence-electron chi connectivity index (χ1n) is 8.18. The van der Waals surface area contributed by atoms with E-state index >= 15 is 0 Å². The minimum atomic E-state index is -0.0740. The Kier molecular flexibility index (Phi) is 13.5. The van der Waals surface area contributed by atoms with Gasteiger partial charge in [-0.2, -0.15) is 0 Å². The van der Waals surface area contributed by atoms with Gasteiger partial charge in [0.05, 0.1) is 13.2 Å². The molecule has 0 heterocycles. The number of halogens is 3. The molecule has 1 amide bonds. The van der Waals surface area contributed by atoms with Crippen molar-refractivity contribution in [3.05, 3.63) is 46.0 Å². The van der Waals surface area contributed by atoms with E-state index in [2.05, 4.69) is 22.2 Å². The third kappa shape index (κ3) is 11.4. The van der Waals surface area contributed by atoms with Crippen LogP contribution >= 0.6 is 47.2 Å². The second kappa shape index (κ2) is 14.0. The van der Waals surface area contributed by atoms with Crippen LogP contribution in [0.25, 0.3) is 0 Å². The molecule has 0 spiro atoms. The molecule has 0 radical (unpaired) electrons. The van der Waals surface area contributed by atoms with E-state index in [4.69, 9.17) is 27.9 Å². The number of amides is 1. The first-order valence-corrected chi connectivity index (χ1v) is 8.93. The molecule has 0 aliphatic heterocycles. The molecule has 1 aromatic carbocycles. The van der Waals surface area contributed by atoms with Crippen molar-refractivity contribution in [3.63, 3.8) is 0 Å². The molecule has 0 bridgehead atoms. The summed E-state index contributed by atoms with van der Waals surface area (Å²) in [7, 11) is 3.39. The zero-order valence-corrected chi connectivity index (χ0v) is 19.7. The fraction of sp³-hybridized carbons (Fsp3) is 0.444. The lowest BCUT2D eigenvalue weighted by Crippen LogP contribution is -2.40. The van der Waals surface area contributed by atoms with Crippen LogP contribution in [0.1, 0.15) is 12.5 Å². The maximum absolute atomic E-state index is 11.7. The van der Waals surface area contributed by atoms with Gasteiger partial charge in [-0.25, -0.2) is 4.99 Å². The predicted molar refractivity (Wildman–Crippen MR) is 123 cm³/mol. The van der Waals surface area contributed by atoms with Gasteiger partial charge >= 0.3 is 0 Å². The van der Waals surface area contributed by atoms with Crippen LogP contribution in [0.5, 0.6) is 0 Å². The smallest absolute Gasteiger partial charge is 0.243 e. The van der Waals surface area contributed by atoms with Gasteiger partial charge in [0, 0.05) is 37.2 Å². The second-order valence-corrected chi connectivity index (χ2v) is 6.82. The van der Waals surface area contributed by atoms with Crippen LogP contribution in [-0.2, 0) is 16.1 Å². The molecular formula is C18H27Cl2IN4O2. The molecule has 6 nitrogen and oxygen atoms in total. The highest BCUT2D eigenvalue weighted by molar-refractivity contribution is 14.0. The average molecular weight is 529 g/mol. The molecule has 0 fully saturated rings. The number of hydrogen-bond donors (Lipinski definition) is 2. The number of nitrogens with one attached hydrogen (secondary N) is 2. The first-order chi connectivity index (χ1) is 12.3. The summed E-state index contributed by atoms with van der Waals surface area (Å²) in [4.78, 5) is 17.4. The highest BCUT2D eigenvalue weighted by atomic mass is 127. The lowest BCUT2D eigenvalue weighted by molar-refractivity contribution is -0.127. The number of hydrogen-bond acceptors (Lipinski definition) is 3. The molecule has 0 saturated carbocycles. The fourth-order valence-electron chi connectivity index (χ4n) is 1.76. The number of guanidine groups is 1. The SMILES string of the molecule is C=C(C)CNC(=NCC(=O)N(C)C)NCCOCc1ccc(Cl)cc1Cl.I. The zero-order chi connectivity index (χ0) is 19.5. The number of carbonyl (C=O) groups is 1.